The molecule has 1 heterocycles. The van der Waals surface area contributed by atoms with Gasteiger partial charge in [-0.3, -0.25) is 4.68 Å². The zero-order chi connectivity index (χ0) is 10.3. The van der Waals surface area contributed by atoms with Crippen LogP contribution in [0.4, 0.5) is 8.78 Å². The number of hydrogen-bond acceptors (Lipinski definition) is 3. The largest absolute Gasteiger partial charge is 1.00 e. The molecule has 1 aromatic carbocycles. The summed E-state index contributed by atoms with van der Waals surface area (Å²) < 4.78 is 27.3. The second-order valence-corrected chi connectivity index (χ2v) is 2.86. The molecule has 0 radical (unpaired) electrons. The first-order valence-electron chi connectivity index (χ1n) is 3.83. The van der Waals surface area contributed by atoms with Gasteiger partial charge in [0.25, 0.3) is 0 Å². The fraction of sp³-hybridized carbons (Fsp3) is 0.111. The van der Waals surface area contributed by atoms with Crippen LogP contribution in [-0.4, -0.2) is 21.5 Å². The smallest absolute Gasteiger partial charge is 0.870 e. The Morgan fingerprint density at radius 3 is 2.56 bits per heavy atom. The van der Waals surface area contributed by atoms with E-state index < -0.39 is 11.6 Å². The second kappa shape index (κ2) is 5.21. The molecular weight excluding hydrogens is 213 g/mol. The van der Waals surface area contributed by atoms with E-state index in [0.29, 0.717) is 6.07 Å². The maximum atomic E-state index is 13.2. The number of aromatic nitrogens is 2. The van der Waals surface area contributed by atoms with Crippen LogP contribution in [0.25, 0.3) is 10.9 Å². The molecule has 0 spiro atoms. The standard InChI is InChI=1S/C9H5F2N2O.Li.H2O/c1-13-8-3-5(10)2-6(11)9(8)7(4-14)12-13;;/h2-3H,1H3;;1H2/q-1;+1;/p-1. The number of aryl methyl sites for hydroxylation is 1. The Morgan fingerprint density at radius 1 is 1.38 bits per heavy atom. The molecule has 0 amide bonds. The molecule has 1 aromatic heterocycles. The Bertz CT molecular complexity index is 528. The third-order valence-electron chi connectivity index (χ3n) is 1.97. The Morgan fingerprint density at radius 2 is 2.00 bits per heavy atom. The molecule has 2 rings (SSSR count). The summed E-state index contributed by atoms with van der Waals surface area (Å²) in [7, 11) is 1.50. The molecule has 16 heavy (non-hydrogen) atoms. The van der Waals surface area contributed by atoms with Crippen LogP contribution in [0.5, 0.6) is 0 Å². The Kier molecular flexibility index (Phi) is 4.81. The van der Waals surface area contributed by atoms with Gasteiger partial charge in [-0.25, -0.2) is 13.9 Å². The summed E-state index contributed by atoms with van der Waals surface area (Å²) in [5.74, 6) is -1.50. The number of benzene rings is 1. The van der Waals surface area contributed by atoms with Crippen LogP contribution in [0.1, 0.15) is 5.69 Å². The van der Waals surface area contributed by atoms with Gasteiger partial charge in [-0.2, -0.15) is 0 Å². The molecule has 2 aromatic rings. The Labute approximate surface area is 102 Å². The predicted molar refractivity (Wildman–Crippen MR) is 47.4 cm³/mol. The van der Waals surface area contributed by atoms with Crippen molar-refractivity contribution in [2.24, 2.45) is 7.05 Å². The van der Waals surface area contributed by atoms with E-state index in [0.717, 1.165) is 6.07 Å². The number of carbonyl (C=O) groups excluding carboxylic acids is 1. The first kappa shape index (κ1) is 14.8. The van der Waals surface area contributed by atoms with Crippen LogP contribution in [0.15, 0.2) is 12.1 Å². The summed E-state index contributed by atoms with van der Waals surface area (Å²) in [4.78, 5) is 10.4. The van der Waals surface area contributed by atoms with E-state index in [4.69, 9.17) is 0 Å². The molecule has 0 bridgehead atoms. The van der Waals surface area contributed by atoms with Gasteiger partial charge < -0.3 is 10.3 Å². The van der Waals surface area contributed by atoms with Gasteiger partial charge in [0.2, 0.25) is 0 Å². The summed E-state index contributed by atoms with van der Waals surface area (Å²) in [6.07, 6.45) is 1.51. The van der Waals surface area contributed by atoms with Gasteiger partial charge in [-0.05, 0) is 23.3 Å². The van der Waals surface area contributed by atoms with Crippen LogP contribution in [0, 0.1) is 11.6 Å². The number of hydrogen-bond donors (Lipinski definition) is 0. The van der Waals surface area contributed by atoms with Crippen LogP contribution in [0.3, 0.4) is 0 Å². The van der Waals surface area contributed by atoms with E-state index in [2.05, 4.69) is 5.10 Å². The van der Waals surface area contributed by atoms with Gasteiger partial charge in [0.05, 0.1) is 5.82 Å². The number of fused-ring (bicyclic) bond motifs is 1. The Balaban J connectivity index is 0.00000112. The van der Waals surface area contributed by atoms with Gasteiger partial charge in [-0.1, -0.05) is 5.39 Å². The van der Waals surface area contributed by atoms with Crippen molar-refractivity contribution < 1.29 is 37.9 Å². The number of halogens is 2. The monoisotopic (exact) mass is 219 g/mol. The first-order chi connectivity index (χ1) is 6.63. The third kappa shape index (κ3) is 2.14. The zero-order valence-electron chi connectivity index (χ0n) is 8.66. The fourth-order valence-corrected chi connectivity index (χ4v) is 1.37. The molecule has 80 valence electrons. The van der Waals surface area contributed by atoms with Crippen molar-refractivity contribution in [2.45, 2.75) is 0 Å². The maximum absolute atomic E-state index is 13.2. The van der Waals surface area contributed by atoms with Crippen molar-refractivity contribution in [1.82, 2.24) is 9.78 Å². The normalized spacial score (nSPS) is 9.44. The molecule has 0 aliphatic carbocycles. The predicted octanol–water partition coefficient (Wildman–Crippen LogP) is -1.86. The molecule has 0 fully saturated rings. The zero-order valence-corrected chi connectivity index (χ0v) is 8.66. The second-order valence-electron chi connectivity index (χ2n) is 2.86. The summed E-state index contributed by atoms with van der Waals surface area (Å²) in [5.41, 5.74) is 0.0980. The Hall–Kier alpha value is -1.22. The van der Waals surface area contributed by atoms with E-state index in [1.807, 2.05) is 0 Å². The first-order valence-corrected chi connectivity index (χ1v) is 3.83. The average Bonchev–Trinajstić information content (AvgIpc) is 2.43. The minimum atomic E-state index is -0.800. The van der Waals surface area contributed by atoms with Crippen molar-refractivity contribution >= 4 is 17.2 Å². The number of nitrogens with zero attached hydrogens (tertiary/aromatic N) is 2. The molecule has 7 heteroatoms. The summed E-state index contributed by atoms with van der Waals surface area (Å²) in [6.45, 7) is 0. The molecular formula is C9H6F2LiN2O2-. The molecule has 0 saturated carbocycles. The van der Waals surface area contributed by atoms with Gasteiger partial charge in [0, 0.05) is 13.3 Å². The quantitative estimate of drug-likeness (QED) is 0.417. The molecule has 0 aliphatic heterocycles. The van der Waals surface area contributed by atoms with E-state index in [-0.39, 0.29) is 40.9 Å². The third-order valence-corrected chi connectivity index (χ3v) is 1.97. The summed E-state index contributed by atoms with van der Waals surface area (Å²) in [5, 5.41) is 3.70. The number of rotatable bonds is 1. The van der Waals surface area contributed by atoms with Gasteiger partial charge in [-0.15, -0.1) is 0 Å². The van der Waals surface area contributed by atoms with Crippen molar-refractivity contribution in [3.05, 3.63) is 29.5 Å². The van der Waals surface area contributed by atoms with E-state index in [9.17, 15) is 13.6 Å². The molecule has 0 unspecified atom stereocenters. The minimum Gasteiger partial charge on any atom is -0.870 e. The van der Waals surface area contributed by atoms with E-state index in [1.165, 1.54) is 18.0 Å². The molecule has 0 atom stereocenters. The van der Waals surface area contributed by atoms with Gasteiger partial charge in [0.1, 0.15) is 5.82 Å². The van der Waals surface area contributed by atoms with Crippen molar-refractivity contribution in [2.75, 3.05) is 0 Å². The van der Waals surface area contributed by atoms with Crippen LogP contribution < -0.4 is 18.9 Å². The minimum absolute atomic E-state index is 0. The van der Waals surface area contributed by atoms with Crippen LogP contribution >= 0.6 is 0 Å². The van der Waals surface area contributed by atoms with Crippen molar-refractivity contribution in [3.63, 3.8) is 0 Å². The topological polar surface area (TPSA) is 64.9 Å². The van der Waals surface area contributed by atoms with Crippen molar-refractivity contribution in [3.8, 4) is 0 Å². The summed E-state index contributed by atoms with van der Waals surface area (Å²) in [6, 6.07) is 1.83. The molecule has 0 saturated heterocycles. The molecule has 4 nitrogen and oxygen atoms in total. The van der Waals surface area contributed by atoms with E-state index in [1.54, 1.807) is 0 Å². The van der Waals surface area contributed by atoms with E-state index >= 15 is 0 Å². The fourth-order valence-electron chi connectivity index (χ4n) is 1.37. The van der Waals surface area contributed by atoms with Gasteiger partial charge >= 0.3 is 18.9 Å². The summed E-state index contributed by atoms with van der Waals surface area (Å²) >= 11 is 0. The SMILES string of the molecule is Cn1nc([C-]=O)c2c(F)cc(F)cc21.[Li+].[OH-]. The molecule has 0 aliphatic rings. The van der Waals surface area contributed by atoms with Crippen molar-refractivity contribution in [1.29, 1.82) is 0 Å². The van der Waals surface area contributed by atoms with Gasteiger partial charge in [0.15, 0.2) is 0 Å². The maximum Gasteiger partial charge on any atom is 1.00 e. The average molecular weight is 219 g/mol. The van der Waals surface area contributed by atoms with Crippen LogP contribution in [0.2, 0.25) is 0 Å². The van der Waals surface area contributed by atoms with Crippen LogP contribution in [-0.2, 0) is 11.8 Å². The molecule has 1 N–H and O–H groups in total.